The molecule has 2 amide bonds. The molecule has 1 aromatic carbocycles. The van der Waals surface area contributed by atoms with Crippen LogP contribution in [0, 0.1) is 0 Å². The maximum Gasteiger partial charge on any atom is 0.312 e. The van der Waals surface area contributed by atoms with Gasteiger partial charge in [-0.2, -0.15) is 0 Å². The summed E-state index contributed by atoms with van der Waals surface area (Å²) in [4.78, 5) is 29.2. The zero-order chi connectivity index (χ0) is 21.8. The predicted octanol–water partition coefficient (Wildman–Crippen LogP) is 4.10. The van der Waals surface area contributed by atoms with E-state index in [4.69, 9.17) is 11.6 Å². The quantitative estimate of drug-likeness (QED) is 0.666. The van der Waals surface area contributed by atoms with E-state index in [2.05, 4.69) is 0 Å². The molecule has 0 aliphatic carbocycles. The Morgan fingerprint density at radius 3 is 2.48 bits per heavy atom. The standard InChI is InChI=1S/C23H22ClN3O3S/c24-21-11-10-19(31-21)4-3-12-25-14-15-26(23(29)22(25)28)16-17-6-8-18(9-7-17)20-5-1-2-13-27(20)30/h1-11,13,20,30H,12,14-16H2. The molecule has 1 atom stereocenters. The summed E-state index contributed by atoms with van der Waals surface area (Å²) in [6.07, 6.45) is 10.9. The highest BCUT2D eigenvalue weighted by atomic mass is 35.5. The first kappa shape index (κ1) is 21.4. The Bertz CT molecular complexity index is 1040. The molecule has 160 valence electrons. The van der Waals surface area contributed by atoms with Crippen molar-refractivity contribution in [2.75, 3.05) is 19.6 Å². The highest BCUT2D eigenvalue weighted by molar-refractivity contribution is 7.16. The van der Waals surface area contributed by atoms with Crippen molar-refractivity contribution in [1.29, 1.82) is 0 Å². The second-order valence-electron chi connectivity index (χ2n) is 7.31. The molecule has 6 nitrogen and oxygen atoms in total. The smallest absolute Gasteiger partial charge is 0.312 e. The van der Waals surface area contributed by atoms with Crippen LogP contribution in [0.3, 0.4) is 0 Å². The van der Waals surface area contributed by atoms with Gasteiger partial charge in [-0.15, -0.1) is 11.3 Å². The number of carbonyl (C=O) groups is 2. The number of hydrogen-bond donors (Lipinski definition) is 1. The number of hydroxylamine groups is 2. The Labute approximate surface area is 189 Å². The van der Waals surface area contributed by atoms with Gasteiger partial charge in [0.1, 0.15) is 0 Å². The molecule has 1 N–H and O–H groups in total. The first-order valence-corrected chi connectivity index (χ1v) is 11.1. The van der Waals surface area contributed by atoms with Gasteiger partial charge < -0.3 is 9.80 Å². The maximum atomic E-state index is 12.6. The second-order valence-corrected chi connectivity index (χ2v) is 9.06. The van der Waals surface area contributed by atoms with Gasteiger partial charge in [-0.25, -0.2) is 0 Å². The zero-order valence-electron chi connectivity index (χ0n) is 16.7. The van der Waals surface area contributed by atoms with E-state index in [9.17, 15) is 14.8 Å². The Morgan fingerprint density at radius 1 is 1.03 bits per heavy atom. The number of halogens is 1. The third-order valence-electron chi connectivity index (χ3n) is 5.22. The summed E-state index contributed by atoms with van der Waals surface area (Å²) < 4.78 is 0.716. The van der Waals surface area contributed by atoms with Crippen molar-refractivity contribution in [3.63, 3.8) is 0 Å². The van der Waals surface area contributed by atoms with Gasteiger partial charge in [0.25, 0.3) is 0 Å². The van der Waals surface area contributed by atoms with Crippen LogP contribution in [0.5, 0.6) is 0 Å². The summed E-state index contributed by atoms with van der Waals surface area (Å²) in [7, 11) is 0. The number of carbonyl (C=O) groups excluding carboxylic acids is 2. The highest BCUT2D eigenvalue weighted by Gasteiger charge is 2.31. The number of benzene rings is 1. The first-order valence-electron chi connectivity index (χ1n) is 9.92. The van der Waals surface area contributed by atoms with Gasteiger partial charge in [0, 0.05) is 37.3 Å². The number of nitrogens with zero attached hydrogens (tertiary/aromatic N) is 3. The van der Waals surface area contributed by atoms with Crippen LogP contribution < -0.4 is 0 Å². The average Bonchev–Trinajstić information content (AvgIpc) is 3.19. The van der Waals surface area contributed by atoms with Crippen molar-refractivity contribution in [2.45, 2.75) is 12.6 Å². The average molecular weight is 456 g/mol. The van der Waals surface area contributed by atoms with Crippen LogP contribution in [0.4, 0.5) is 0 Å². The third kappa shape index (κ3) is 5.07. The Kier molecular flexibility index (Phi) is 6.56. The summed E-state index contributed by atoms with van der Waals surface area (Å²) in [5.41, 5.74) is 1.88. The minimum Gasteiger partial charge on any atom is -0.329 e. The lowest BCUT2D eigenvalue weighted by Gasteiger charge is -2.33. The number of rotatable bonds is 6. The van der Waals surface area contributed by atoms with Crippen molar-refractivity contribution in [3.8, 4) is 0 Å². The lowest BCUT2D eigenvalue weighted by Crippen LogP contribution is -2.53. The molecule has 1 saturated heterocycles. The van der Waals surface area contributed by atoms with E-state index in [0.29, 0.717) is 30.5 Å². The van der Waals surface area contributed by atoms with Crippen LogP contribution in [-0.4, -0.2) is 51.5 Å². The van der Waals surface area contributed by atoms with Crippen LogP contribution in [0.15, 0.2) is 66.9 Å². The lowest BCUT2D eigenvalue weighted by atomic mass is 10.0. The third-order valence-corrected chi connectivity index (χ3v) is 6.42. The molecule has 0 bridgehead atoms. The molecule has 0 radical (unpaired) electrons. The van der Waals surface area contributed by atoms with E-state index in [1.807, 2.05) is 60.7 Å². The molecule has 0 saturated carbocycles. The molecule has 2 aromatic rings. The van der Waals surface area contributed by atoms with Gasteiger partial charge in [0.2, 0.25) is 0 Å². The van der Waals surface area contributed by atoms with Crippen LogP contribution >= 0.6 is 22.9 Å². The monoisotopic (exact) mass is 455 g/mol. The number of amides is 2. The number of piperazine rings is 1. The van der Waals surface area contributed by atoms with Gasteiger partial charge in [0.05, 0.1) is 10.4 Å². The van der Waals surface area contributed by atoms with Crippen LogP contribution in [0.1, 0.15) is 22.0 Å². The molecular formula is C23H22ClN3O3S. The van der Waals surface area contributed by atoms with Crippen molar-refractivity contribution < 1.29 is 14.8 Å². The summed E-state index contributed by atoms with van der Waals surface area (Å²) in [6.45, 7) is 1.76. The van der Waals surface area contributed by atoms with Crippen LogP contribution in [-0.2, 0) is 16.1 Å². The van der Waals surface area contributed by atoms with E-state index < -0.39 is 11.8 Å². The van der Waals surface area contributed by atoms with Gasteiger partial charge in [-0.05, 0) is 35.4 Å². The van der Waals surface area contributed by atoms with Crippen molar-refractivity contribution in [3.05, 3.63) is 87.2 Å². The van der Waals surface area contributed by atoms with Gasteiger partial charge >= 0.3 is 11.8 Å². The number of thiophene rings is 1. The molecule has 31 heavy (non-hydrogen) atoms. The van der Waals surface area contributed by atoms with Crippen molar-refractivity contribution >= 4 is 40.8 Å². The Morgan fingerprint density at radius 2 is 1.77 bits per heavy atom. The topological polar surface area (TPSA) is 64.1 Å². The molecule has 3 heterocycles. The van der Waals surface area contributed by atoms with E-state index >= 15 is 0 Å². The fraction of sp³-hybridized carbons (Fsp3) is 0.217. The van der Waals surface area contributed by atoms with Crippen LogP contribution in [0.25, 0.3) is 6.08 Å². The van der Waals surface area contributed by atoms with Crippen molar-refractivity contribution in [2.24, 2.45) is 0 Å². The van der Waals surface area contributed by atoms with E-state index in [1.165, 1.54) is 11.3 Å². The van der Waals surface area contributed by atoms with E-state index in [0.717, 1.165) is 21.1 Å². The summed E-state index contributed by atoms with van der Waals surface area (Å²) in [5, 5.41) is 11.1. The summed E-state index contributed by atoms with van der Waals surface area (Å²) >= 11 is 7.38. The zero-order valence-corrected chi connectivity index (χ0v) is 18.3. The maximum absolute atomic E-state index is 12.6. The largest absolute Gasteiger partial charge is 0.329 e. The molecule has 8 heteroatoms. The molecular weight excluding hydrogens is 434 g/mol. The van der Waals surface area contributed by atoms with Gasteiger partial charge in [0.15, 0.2) is 0 Å². The normalized spacial score (nSPS) is 19.2. The highest BCUT2D eigenvalue weighted by Crippen LogP contribution is 2.25. The second kappa shape index (κ2) is 9.51. The Balaban J connectivity index is 1.32. The lowest BCUT2D eigenvalue weighted by molar-refractivity contribution is -0.156. The summed E-state index contributed by atoms with van der Waals surface area (Å²) in [5.74, 6) is -0.962. The van der Waals surface area contributed by atoms with Crippen LogP contribution in [0.2, 0.25) is 4.34 Å². The van der Waals surface area contributed by atoms with Crippen molar-refractivity contribution in [1.82, 2.24) is 14.9 Å². The SMILES string of the molecule is O=C1C(=O)N(Cc2ccc(C3C=CC=CN3O)cc2)CCN1CC=Cc1ccc(Cl)s1. The minimum atomic E-state index is -0.482. The number of hydrogen-bond acceptors (Lipinski definition) is 5. The summed E-state index contributed by atoms with van der Waals surface area (Å²) in [6, 6.07) is 11.2. The molecule has 4 rings (SSSR count). The molecule has 1 fully saturated rings. The fourth-order valence-electron chi connectivity index (χ4n) is 3.55. The molecule has 1 aromatic heterocycles. The Hall–Kier alpha value is -2.87. The van der Waals surface area contributed by atoms with Gasteiger partial charge in [-0.3, -0.25) is 19.9 Å². The molecule has 0 spiro atoms. The first-order chi connectivity index (χ1) is 15.0. The van der Waals surface area contributed by atoms with Gasteiger partial charge in [-0.1, -0.05) is 54.1 Å². The fourth-order valence-corrected chi connectivity index (χ4v) is 4.54. The molecule has 1 unspecified atom stereocenters. The molecule has 2 aliphatic heterocycles. The minimum absolute atomic E-state index is 0.232. The van der Waals surface area contributed by atoms with E-state index in [-0.39, 0.29) is 6.04 Å². The number of allylic oxidation sites excluding steroid dienone is 2. The van der Waals surface area contributed by atoms with E-state index in [1.54, 1.807) is 22.1 Å². The predicted molar refractivity (Wildman–Crippen MR) is 121 cm³/mol. The molecule has 2 aliphatic rings.